The third-order valence-corrected chi connectivity index (χ3v) is 4.53. The van der Waals surface area contributed by atoms with Crippen LogP contribution in [0.3, 0.4) is 0 Å². The average Bonchev–Trinajstić information content (AvgIpc) is 2.81. The summed E-state index contributed by atoms with van der Waals surface area (Å²) in [5.74, 6) is 0.294. The van der Waals surface area contributed by atoms with E-state index >= 15 is 0 Å². The van der Waals surface area contributed by atoms with Crippen LogP contribution in [0.5, 0.6) is 5.75 Å². The molecule has 0 aliphatic carbocycles. The maximum Gasteiger partial charge on any atom is 0.227 e. The summed E-state index contributed by atoms with van der Waals surface area (Å²) in [6.07, 6.45) is 1.24. The zero-order valence-electron chi connectivity index (χ0n) is 14.0. The number of nitrogens with zero attached hydrogens (tertiary/aromatic N) is 2. The first kappa shape index (κ1) is 17.2. The Hall–Kier alpha value is -1.63. The minimum absolute atomic E-state index is 0.0544. The van der Waals surface area contributed by atoms with E-state index in [1.165, 1.54) is 0 Å². The fraction of sp³-hybridized carbons (Fsp3) is 0.611. The Morgan fingerprint density at radius 1 is 1.21 bits per heavy atom. The molecule has 0 spiro atoms. The van der Waals surface area contributed by atoms with Crippen molar-refractivity contribution < 1.29 is 19.4 Å². The molecule has 2 aliphatic heterocycles. The van der Waals surface area contributed by atoms with Crippen LogP contribution in [-0.4, -0.2) is 79.5 Å². The highest BCUT2D eigenvalue weighted by Crippen LogP contribution is 2.14. The SMILES string of the molecule is O=C(Cc1cccc(O)c1)N1CCCOC(CN2CCOCC2)C1. The highest BCUT2D eigenvalue weighted by Gasteiger charge is 2.25. The molecule has 2 heterocycles. The largest absolute Gasteiger partial charge is 0.508 e. The summed E-state index contributed by atoms with van der Waals surface area (Å²) < 4.78 is 11.3. The topological polar surface area (TPSA) is 62.2 Å². The van der Waals surface area contributed by atoms with Crippen LogP contribution in [0.1, 0.15) is 12.0 Å². The fourth-order valence-corrected chi connectivity index (χ4v) is 3.26. The van der Waals surface area contributed by atoms with Crippen LogP contribution >= 0.6 is 0 Å². The first-order valence-electron chi connectivity index (χ1n) is 8.68. The van der Waals surface area contributed by atoms with Gasteiger partial charge in [0.25, 0.3) is 0 Å². The van der Waals surface area contributed by atoms with Gasteiger partial charge in [0.2, 0.25) is 5.91 Å². The number of aromatic hydroxyl groups is 1. The summed E-state index contributed by atoms with van der Waals surface area (Å²) >= 11 is 0. The van der Waals surface area contributed by atoms with Crippen LogP contribution in [0.25, 0.3) is 0 Å². The number of carbonyl (C=O) groups is 1. The van der Waals surface area contributed by atoms with Crippen molar-refractivity contribution in [2.24, 2.45) is 0 Å². The lowest BCUT2D eigenvalue weighted by atomic mass is 10.1. The molecule has 2 aliphatic rings. The van der Waals surface area contributed by atoms with E-state index in [0.29, 0.717) is 19.6 Å². The molecule has 0 saturated carbocycles. The van der Waals surface area contributed by atoms with Crippen molar-refractivity contribution in [3.63, 3.8) is 0 Å². The maximum absolute atomic E-state index is 12.6. The molecule has 0 aromatic heterocycles. The van der Waals surface area contributed by atoms with Crippen molar-refractivity contribution in [2.45, 2.75) is 18.9 Å². The Kier molecular flexibility index (Phi) is 6.07. The zero-order valence-corrected chi connectivity index (χ0v) is 14.0. The van der Waals surface area contributed by atoms with Crippen molar-refractivity contribution in [3.8, 4) is 5.75 Å². The summed E-state index contributed by atoms with van der Waals surface area (Å²) in [6.45, 7) is 6.31. The van der Waals surface area contributed by atoms with Gasteiger partial charge in [-0.2, -0.15) is 0 Å². The molecule has 1 aromatic rings. The number of hydrogen-bond donors (Lipinski definition) is 1. The predicted molar refractivity (Wildman–Crippen MR) is 90.0 cm³/mol. The minimum Gasteiger partial charge on any atom is -0.508 e. The molecule has 24 heavy (non-hydrogen) atoms. The van der Waals surface area contributed by atoms with Crippen molar-refractivity contribution in [3.05, 3.63) is 29.8 Å². The molecule has 3 rings (SSSR count). The Morgan fingerprint density at radius 2 is 2.04 bits per heavy atom. The van der Waals surface area contributed by atoms with E-state index in [1.54, 1.807) is 18.2 Å². The second-order valence-electron chi connectivity index (χ2n) is 6.45. The zero-order chi connectivity index (χ0) is 16.8. The molecule has 1 unspecified atom stereocenters. The van der Waals surface area contributed by atoms with Crippen molar-refractivity contribution in [1.82, 2.24) is 9.80 Å². The van der Waals surface area contributed by atoms with E-state index in [2.05, 4.69) is 4.90 Å². The van der Waals surface area contributed by atoms with Crippen LogP contribution in [0.4, 0.5) is 0 Å². The first-order valence-corrected chi connectivity index (χ1v) is 8.68. The lowest BCUT2D eigenvalue weighted by Gasteiger charge is -2.31. The molecular formula is C18H26N2O4. The molecule has 1 aromatic carbocycles. The average molecular weight is 334 g/mol. The van der Waals surface area contributed by atoms with Crippen LogP contribution < -0.4 is 0 Å². The molecule has 2 fully saturated rings. The second-order valence-corrected chi connectivity index (χ2v) is 6.45. The van der Waals surface area contributed by atoms with Gasteiger partial charge in [0.1, 0.15) is 5.75 Å². The highest BCUT2D eigenvalue weighted by molar-refractivity contribution is 5.79. The summed E-state index contributed by atoms with van der Waals surface area (Å²) in [6, 6.07) is 6.91. The monoisotopic (exact) mass is 334 g/mol. The third-order valence-electron chi connectivity index (χ3n) is 4.53. The van der Waals surface area contributed by atoms with Crippen LogP contribution in [-0.2, 0) is 20.7 Å². The Morgan fingerprint density at radius 3 is 2.83 bits per heavy atom. The summed E-state index contributed by atoms with van der Waals surface area (Å²) in [7, 11) is 0. The number of phenolic OH excluding ortho intramolecular Hbond substituents is 1. The molecule has 2 saturated heterocycles. The number of hydrogen-bond acceptors (Lipinski definition) is 5. The first-order chi connectivity index (χ1) is 11.7. The van der Waals surface area contributed by atoms with Gasteiger partial charge >= 0.3 is 0 Å². The van der Waals surface area contributed by atoms with E-state index < -0.39 is 0 Å². The number of morpholine rings is 1. The van der Waals surface area contributed by atoms with Crippen molar-refractivity contribution in [1.29, 1.82) is 0 Å². The summed E-state index contributed by atoms with van der Waals surface area (Å²) in [5.41, 5.74) is 0.842. The number of ether oxygens (including phenoxy) is 2. The van der Waals surface area contributed by atoms with E-state index in [1.807, 2.05) is 11.0 Å². The van der Waals surface area contributed by atoms with Crippen LogP contribution in [0.15, 0.2) is 24.3 Å². The summed E-state index contributed by atoms with van der Waals surface area (Å²) in [4.78, 5) is 16.9. The van der Waals surface area contributed by atoms with Gasteiger partial charge in [-0.15, -0.1) is 0 Å². The smallest absolute Gasteiger partial charge is 0.227 e. The molecule has 0 bridgehead atoms. The van der Waals surface area contributed by atoms with Gasteiger partial charge in [-0.05, 0) is 24.1 Å². The normalized spacial score (nSPS) is 23.0. The Bertz CT molecular complexity index is 546. The van der Waals surface area contributed by atoms with Gasteiger partial charge in [0.15, 0.2) is 0 Å². The predicted octanol–water partition coefficient (Wildman–Crippen LogP) is 0.884. The molecule has 1 amide bonds. The van der Waals surface area contributed by atoms with E-state index in [4.69, 9.17) is 9.47 Å². The maximum atomic E-state index is 12.6. The van der Waals surface area contributed by atoms with E-state index in [0.717, 1.165) is 51.4 Å². The van der Waals surface area contributed by atoms with Gasteiger partial charge in [0, 0.05) is 39.3 Å². The molecular weight excluding hydrogens is 308 g/mol. The number of phenols is 1. The van der Waals surface area contributed by atoms with Gasteiger partial charge in [0.05, 0.1) is 25.7 Å². The molecule has 0 radical (unpaired) electrons. The van der Waals surface area contributed by atoms with Gasteiger partial charge in [-0.25, -0.2) is 0 Å². The van der Waals surface area contributed by atoms with Crippen LogP contribution in [0.2, 0.25) is 0 Å². The lowest BCUT2D eigenvalue weighted by Crippen LogP contribution is -2.46. The minimum atomic E-state index is 0.0544. The standard InChI is InChI=1S/C18H26N2O4/c21-16-4-1-3-15(11-16)12-18(22)20-5-2-8-24-17(14-20)13-19-6-9-23-10-7-19/h1,3-4,11,17,21H,2,5-10,12-14H2. The third kappa shape index (κ3) is 4.93. The van der Waals surface area contributed by atoms with Gasteiger partial charge in [-0.1, -0.05) is 12.1 Å². The van der Waals surface area contributed by atoms with E-state index in [-0.39, 0.29) is 17.8 Å². The van der Waals surface area contributed by atoms with Crippen molar-refractivity contribution in [2.75, 3.05) is 52.5 Å². The molecule has 132 valence electrons. The summed E-state index contributed by atoms with van der Waals surface area (Å²) in [5, 5.41) is 9.55. The number of benzene rings is 1. The Labute approximate surface area is 143 Å². The van der Waals surface area contributed by atoms with Crippen LogP contribution in [0, 0.1) is 0 Å². The second kappa shape index (κ2) is 8.46. The number of carbonyl (C=O) groups excluding carboxylic acids is 1. The number of rotatable bonds is 4. The lowest BCUT2D eigenvalue weighted by molar-refractivity contribution is -0.131. The molecule has 6 heteroatoms. The van der Waals surface area contributed by atoms with Crippen molar-refractivity contribution >= 4 is 5.91 Å². The fourth-order valence-electron chi connectivity index (χ4n) is 3.26. The number of amides is 1. The molecule has 6 nitrogen and oxygen atoms in total. The van der Waals surface area contributed by atoms with Gasteiger partial charge in [-0.3, -0.25) is 9.69 Å². The van der Waals surface area contributed by atoms with E-state index in [9.17, 15) is 9.90 Å². The Balaban J connectivity index is 1.56. The highest BCUT2D eigenvalue weighted by atomic mass is 16.5. The molecule has 1 atom stereocenters. The quantitative estimate of drug-likeness (QED) is 0.886. The molecule has 1 N–H and O–H groups in total. The van der Waals surface area contributed by atoms with Gasteiger partial charge < -0.3 is 19.5 Å².